The lowest BCUT2D eigenvalue weighted by Gasteiger charge is -2.41. The monoisotopic (exact) mass is 494 g/mol. The van der Waals surface area contributed by atoms with E-state index in [1.165, 1.54) is 57.8 Å². The smallest absolute Gasteiger partial charge is 0.462 e. The third kappa shape index (κ3) is 10.1. The van der Waals surface area contributed by atoms with Crippen LogP contribution in [0.4, 0.5) is 0 Å². The Kier molecular flexibility index (Phi) is 12.7. The third-order valence-electron chi connectivity index (χ3n) is 7.65. The van der Waals surface area contributed by atoms with Gasteiger partial charge in [-0.05, 0) is 58.3 Å². The summed E-state index contributed by atoms with van der Waals surface area (Å²) in [6.45, 7) is 5.81. The quantitative estimate of drug-likeness (QED) is 0.107. The van der Waals surface area contributed by atoms with E-state index in [-0.39, 0.29) is 5.97 Å². The number of unbranched alkanes of at least 4 members (excludes halogenated alkanes) is 3. The largest absolute Gasteiger partial charge is 0.501 e. The van der Waals surface area contributed by atoms with Crippen molar-refractivity contribution in [1.29, 1.82) is 0 Å². The molecule has 0 spiro atoms. The van der Waals surface area contributed by atoms with Gasteiger partial charge in [-0.2, -0.15) is 0 Å². The summed E-state index contributed by atoms with van der Waals surface area (Å²) in [6, 6.07) is 0.933. The molecule has 0 N–H and O–H groups in total. The van der Waals surface area contributed by atoms with E-state index in [1.807, 2.05) is 0 Å². The zero-order chi connectivity index (χ0) is 24.1. The van der Waals surface area contributed by atoms with E-state index in [4.69, 9.17) is 18.0 Å². The van der Waals surface area contributed by atoms with Crippen LogP contribution in [0.5, 0.6) is 0 Å². The minimum atomic E-state index is -2.76. The molecule has 3 saturated carbocycles. The SMILES string of the molecule is C=C(C)C(=O)OCCCCCC[Si](OC1CCCCC1)(OC1CCCCC1)OC1CCCCC1. The van der Waals surface area contributed by atoms with E-state index in [2.05, 4.69) is 6.58 Å². The zero-order valence-corrected chi connectivity index (χ0v) is 22.8. The maximum Gasteiger partial charge on any atom is 0.501 e. The summed E-state index contributed by atoms with van der Waals surface area (Å²) in [6.07, 6.45) is 23.6. The van der Waals surface area contributed by atoms with E-state index in [1.54, 1.807) is 6.92 Å². The van der Waals surface area contributed by atoms with Crippen molar-refractivity contribution in [2.45, 2.75) is 153 Å². The Balaban J connectivity index is 1.58. The molecule has 0 amide bonds. The molecule has 0 aliphatic heterocycles. The van der Waals surface area contributed by atoms with E-state index >= 15 is 0 Å². The van der Waals surface area contributed by atoms with Crippen molar-refractivity contribution < 1.29 is 22.8 Å². The predicted octanol–water partition coefficient (Wildman–Crippen LogP) is 7.65. The minimum absolute atomic E-state index is 0.283. The van der Waals surface area contributed by atoms with Crippen molar-refractivity contribution >= 4 is 14.8 Å². The van der Waals surface area contributed by atoms with Crippen molar-refractivity contribution in [3.63, 3.8) is 0 Å². The van der Waals surface area contributed by atoms with Gasteiger partial charge in [-0.3, -0.25) is 0 Å². The Bertz CT molecular complexity index is 541. The van der Waals surface area contributed by atoms with Crippen LogP contribution in [0.3, 0.4) is 0 Å². The minimum Gasteiger partial charge on any atom is -0.462 e. The number of carbonyl (C=O) groups is 1. The van der Waals surface area contributed by atoms with Crippen molar-refractivity contribution in [2.24, 2.45) is 0 Å². The van der Waals surface area contributed by atoms with Crippen LogP contribution in [-0.2, 0) is 22.8 Å². The molecule has 0 radical (unpaired) electrons. The van der Waals surface area contributed by atoms with Gasteiger partial charge < -0.3 is 18.0 Å². The van der Waals surface area contributed by atoms with Gasteiger partial charge >= 0.3 is 14.8 Å². The fraction of sp³-hybridized carbons (Fsp3) is 0.893. The number of hydrogen-bond acceptors (Lipinski definition) is 5. The van der Waals surface area contributed by atoms with Crippen LogP contribution >= 0.6 is 0 Å². The van der Waals surface area contributed by atoms with Crippen molar-refractivity contribution in [1.82, 2.24) is 0 Å². The molecule has 3 rings (SSSR count). The lowest BCUT2D eigenvalue weighted by atomic mass is 9.98. The normalized spacial score (nSPS) is 21.4. The standard InChI is InChI=1S/C28H50O5Si/c1-24(2)28(29)30-22-14-3-4-15-23-34(31-25-16-8-5-9-17-25,32-26-18-10-6-11-19-26)33-27-20-12-7-13-21-27/h25-27H,1,3-23H2,2H3. The van der Waals surface area contributed by atoms with Crippen LogP contribution < -0.4 is 0 Å². The second-order valence-corrected chi connectivity index (χ2v) is 13.5. The summed E-state index contributed by atoms with van der Waals surface area (Å²) in [5.74, 6) is -0.283. The van der Waals surface area contributed by atoms with Gasteiger partial charge in [0.15, 0.2) is 0 Å². The fourth-order valence-corrected chi connectivity index (χ4v) is 9.09. The Morgan fingerprint density at radius 2 is 1.09 bits per heavy atom. The first-order valence-corrected chi connectivity index (χ1v) is 16.4. The molecule has 0 aromatic carbocycles. The van der Waals surface area contributed by atoms with Crippen molar-refractivity contribution in [3.05, 3.63) is 12.2 Å². The Hall–Kier alpha value is -0.693. The van der Waals surface area contributed by atoms with Gasteiger partial charge in [-0.25, -0.2) is 4.79 Å². The highest BCUT2D eigenvalue weighted by molar-refractivity contribution is 6.60. The molecule has 3 aliphatic rings. The van der Waals surface area contributed by atoms with Crippen LogP contribution in [0.2, 0.25) is 6.04 Å². The molecule has 5 nitrogen and oxygen atoms in total. The third-order valence-corrected chi connectivity index (χ3v) is 10.7. The van der Waals surface area contributed by atoms with Gasteiger partial charge in [-0.1, -0.05) is 77.2 Å². The second-order valence-electron chi connectivity index (χ2n) is 10.9. The van der Waals surface area contributed by atoms with Crippen LogP contribution in [0.1, 0.15) is 129 Å². The lowest BCUT2D eigenvalue weighted by Crippen LogP contribution is -2.53. The fourth-order valence-electron chi connectivity index (χ4n) is 5.66. The van der Waals surface area contributed by atoms with E-state index in [9.17, 15) is 4.79 Å². The van der Waals surface area contributed by atoms with Gasteiger partial charge in [0, 0.05) is 29.9 Å². The molecular weight excluding hydrogens is 444 g/mol. The molecule has 0 aromatic heterocycles. The van der Waals surface area contributed by atoms with Gasteiger partial charge in [0.2, 0.25) is 0 Å². The number of esters is 1. The molecule has 0 saturated heterocycles. The molecule has 3 fully saturated rings. The number of rotatable bonds is 14. The summed E-state index contributed by atoms with van der Waals surface area (Å²) >= 11 is 0. The average Bonchev–Trinajstić information content (AvgIpc) is 2.85. The van der Waals surface area contributed by atoms with Crippen LogP contribution in [0.25, 0.3) is 0 Å². The molecule has 0 bridgehead atoms. The first-order chi connectivity index (χ1) is 16.6. The van der Waals surface area contributed by atoms with Gasteiger partial charge in [0.25, 0.3) is 0 Å². The maximum absolute atomic E-state index is 11.6. The molecule has 34 heavy (non-hydrogen) atoms. The zero-order valence-electron chi connectivity index (χ0n) is 21.8. The molecule has 0 atom stereocenters. The van der Waals surface area contributed by atoms with Crippen molar-refractivity contribution in [3.8, 4) is 0 Å². The Morgan fingerprint density at radius 3 is 1.50 bits per heavy atom. The summed E-state index contributed by atoms with van der Waals surface area (Å²) in [5, 5.41) is 0. The van der Waals surface area contributed by atoms with Crippen LogP contribution in [-0.4, -0.2) is 39.7 Å². The van der Waals surface area contributed by atoms with E-state index in [0.29, 0.717) is 30.5 Å². The van der Waals surface area contributed by atoms with Crippen LogP contribution in [0, 0.1) is 0 Å². The first-order valence-electron chi connectivity index (χ1n) is 14.4. The Morgan fingerprint density at radius 1 is 0.676 bits per heavy atom. The molecule has 0 aromatic rings. The number of hydrogen-bond donors (Lipinski definition) is 0. The number of ether oxygens (including phenoxy) is 1. The molecule has 6 heteroatoms. The van der Waals surface area contributed by atoms with Crippen LogP contribution in [0.15, 0.2) is 12.2 Å². The number of carbonyl (C=O) groups excluding carboxylic acids is 1. The first kappa shape index (κ1) is 27.9. The van der Waals surface area contributed by atoms with Crippen molar-refractivity contribution in [2.75, 3.05) is 6.61 Å². The Labute approximate surface area is 209 Å². The molecular formula is C28H50O5Si. The molecule has 0 unspecified atom stereocenters. The maximum atomic E-state index is 11.6. The average molecular weight is 495 g/mol. The molecule has 3 aliphatic carbocycles. The summed E-state index contributed by atoms with van der Waals surface area (Å²) in [7, 11) is -2.76. The van der Waals surface area contributed by atoms with Gasteiger partial charge in [0.05, 0.1) is 6.61 Å². The summed E-state index contributed by atoms with van der Waals surface area (Å²) in [4.78, 5) is 11.6. The van der Waals surface area contributed by atoms with Gasteiger partial charge in [0.1, 0.15) is 0 Å². The highest BCUT2D eigenvalue weighted by atomic mass is 28.4. The van der Waals surface area contributed by atoms with Gasteiger partial charge in [-0.15, -0.1) is 0 Å². The second kappa shape index (κ2) is 15.4. The topological polar surface area (TPSA) is 54.0 Å². The highest BCUT2D eigenvalue weighted by Gasteiger charge is 2.47. The summed E-state index contributed by atoms with van der Waals surface area (Å²) in [5.41, 5.74) is 0.468. The van der Waals surface area contributed by atoms with E-state index < -0.39 is 8.80 Å². The molecule has 196 valence electrons. The summed E-state index contributed by atoms with van der Waals surface area (Å²) < 4.78 is 26.2. The lowest BCUT2D eigenvalue weighted by molar-refractivity contribution is -0.139. The predicted molar refractivity (Wildman–Crippen MR) is 139 cm³/mol. The molecule has 0 heterocycles. The van der Waals surface area contributed by atoms with E-state index in [0.717, 1.165) is 70.3 Å². The highest BCUT2D eigenvalue weighted by Crippen LogP contribution is 2.35.